The smallest absolute Gasteiger partial charge is 0.420 e. The summed E-state index contributed by atoms with van der Waals surface area (Å²) in [5, 5.41) is 20.2. The van der Waals surface area contributed by atoms with E-state index in [1.807, 2.05) is 6.07 Å². The third-order valence-corrected chi connectivity index (χ3v) is 3.36. The van der Waals surface area contributed by atoms with Gasteiger partial charge < -0.3 is 14.6 Å². The number of hydrogen-bond acceptors (Lipinski definition) is 8. The molecule has 1 atom stereocenters. The van der Waals surface area contributed by atoms with Gasteiger partial charge in [0, 0.05) is 11.8 Å². The predicted octanol–water partition coefficient (Wildman–Crippen LogP) is 3.38. The Morgan fingerprint density at radius 3 is 2.40 bits per heavy atom. The van der Waals surface area contributed by atoms with E-state index >= 15 is 0 Å². The van der Waals surface area contributed by atoms with Crippen LogP contribution in [-0.4, -0.2) is 43.8 Å². The highest BCUT2D eigenvalue weighted by atomic mass is 19.1. The molecule has 0 bridgehead atoms. The molecule has 0 spiro atoms. The fraction of sp³-hybridized carbons (Fsp3) is 0.450. The molecule has 0 saturated carbocycles. The van der Waals surface area contributed by atoms with E-state index in [0.717, 1.165) is 6.20 Å². The molecule has 0 aromatic carbocycles. The van der Waals surface area contributed by atoms with Crippen LogP contribution in [0.15, 0.2) is 24.7 Å². The van der Waals surface area contributed by atoms with Gasteiger partial charge in [0.05, 0.1) is 23.7 Å². The van der Waals surface area contributed by atoms with Crippen molar-refractivity contribution in [2.75, 3.05) is 4.90 Å². The Labute approximate surface area is 174 Å². The average molecular weight is 417 g/mol. The van der Waals surface area contributed by atoms with Gasteiger partial charge in [0.2, 0.25) is 6.41 Å². The maximum Gasteiger partial charge on any atom is 0.420 e. The summed E-state index contributed by atoms with van der Waals surface area (Å²) in [5.74, 6) is -0.849. The number of aromatic nitrogens is 3. The summed E-state index contributed by atoms with van der Waals surface area (Å²) in [5.41, 5.74) is -1.55. The van der Waals surface area contributed by atoms with Crippen LogP contribution >= 0.6 is 0 Å². The highest BCUT2D eigenvalue weighted by molar-refractivity contribution is 5.88. The number of nitriles is 1. The first kappa shape index (κ1) is 23.1. The molecule has 0 aliphatic carbocycles. The number of aliphatic hydroxyl groups excluding tert-OH is 1. The van der Waals surface area contributed by atoms with Gasteiger partial charge in [0.25, 0.3) is 0 Å². The molecule has 2 aromatic rings. The van der Waals surface area contributed by atoms with E-state index < -0.39 is 29.5 Å². The lowest BCUT2D eigenvalue weighted by Crippen LogP contribution is -2.48. The zero-order chi connectivity index (χ0) is 22.7. The number of aliphatic hydroxyl groups is 1. The first-order chi connectivity index (χ1) is 13.8. The third kappa shape index (κ3) is 6.17. The van der Waals surface area contributed by atoms with Crippen LogP contribution in [0.4, 0.5) is 15.0 Å². The minimum absolute atomic E-state index is 0.165. The molecule has 0 aliphatic rings. The second-order valence-electron chi connectivity index (χ2n) is 8.34. The molecule has 2 aromatic heterocycles. The van der Waals surface area contributed by atoms with Gasteiger partial charge in [-0.2, -0.15) is 5.26 Å². The Morgan fingerprint density at radius 1 is 1.20 bits per heavy atom. The van der Waals surface area contributed by atoms with Gasteiger partial charge in [-0.25, -0.2) is 24.1 Å². The maximum atomic E-state index is 13.5. The molecule has 0 saturated heterocycles. The molecular weight excluding hydrogens is 393 g/mol. The van der Waals surface area contributed by atoms with Crippen LogP contribution in [0.2, 0.25) is 0 Å². The summed E-state index contributed by atoms with van der Waals surface area (Å²) < 4.78 is 24.3. The molecule has 1 N–H and O–H groups in total. The van der Waals surface area contributed by atoms with E-state index in [-0.39, 0.29) is 17.2 Å². The van der Waals surface area contributed by atoms with Crippen molar-refractivity contribution >= 4 is 11.9 Å². The second kappa shape index (κ2) is 8.69. The van der Waals surface area contributed by atoms with Gasteiger partial charge in [-0.05, 0) is 47.6 Å². The van der Waals surface area contributed by atoms with Crippen LogP contribution in [-0.2, 0) is 9.47 Å². The SMILES string of the molecule is CC(C)(C)OC(=O)N(c1ncc(-c2cncc(F)c2)nc1C#N)C(O)OC(C)(C)C. The quantitative estimate of drug-likeness (QED) is 0.752. The summed E-state index contributed by atoms with van der Waals surface area (Å²) in [4.78, 5) is 25.5. The number of anilines is 1. The van der Waals surface area contributed by atoms with Crippen molar-refractivity contribution in [3.05, 3.63) is 36.2 Å². The topological polar surface area (TPSA) is 121 Å². The van der Waals surface area contributed by atoms with Crippen molar-refractivity contribution < 1.29 is 23.8 Å². The number of hydrogen-bond donors (Lipinski definition) is 1. The standard InChI is InChI=1S/C20H24FN5O4/c1-19(2,3)29-17(27)26(18(28)30-20(4,5)6)16-14(8-22)25-15(11-24-16)12-7-13(21)10-23-9-12/h7,9-11,17,27H,1-6H3. The zero-order valence-corrected chi connectivity index (χ0v) is 17.7. The van der Waals surface area contributed by atoms with Gasteiger partial charge >= 0.3 is 6.09 Å². The minimum atomic E-state index is -1.80. The van der Waals surface area contributed by atoms with Gasteiger partial charge in [0.1, 0.15) is 17.5 Å². The van der Waals surface area contributed by atoms with E-state index in [4.69, 9.17) is 9.47 Å². The molecule has 30 heavy (non-hydrogen) atoms. The largest absolute Gasteiger partial charge is 0.443 e. The normalized spacial score (nSPS) is 12.8. The summed E-state index contributed by atoms with van der Waals surface area (Å²) in [6, 6.07) is 3.01. The first-order valence-corrected chi connectivity index (χ1v) is 9.07. The molecule has 2 rings (SSSR count). The van der Waals surface area contributed by atoms with Crippen molar-refractivity contribution in [1.29, 1.82) is 5.26 Å². The number of ether oxygens (including phenoxy) is 2. The summed E-state index contributed by atoms with van der Waals surface area (Å²) in [6.07, 6.45) is 0.833. The molecule has 0 aliphatic heterocycles. The second-order valence-corrected chi connectivity index (χ2v) is 8.34. The van der Waals surface area contributed by atoms with Crippen LogP contribution in [0.1, 0.15) is 47.2 Å². The Hall–Kier alpha value is -3.16. The molecule has 0 fully saturated rings. The number of carbonyl (C=O) groups is 1. The number of halogens is 1. The minimum Gasteiger partial charge on any atom is -0.443 e. The van der Waals surface area contributed by atoms with Gasteiger partial charge in [-0.1, -0.05) is 0 Å². The maximum absolute atomic E-state index is 13.5. The van der Waals surface area contributed by atoms with E-state index in [0.29, 0.717) is 10.5 Å². The van der Waals surface area contributed by atoms with E-state index in [1.165, 1.54) is 18.5 Å². The lowest BCUT2D eigenvalue weighted by molar-refractivity contribution is -0.163. The highest BCUT2D eigenvalue weighted by Gasteiger charge is 2.35. The number of amides is 1. The fourth-order valence-electron chi connectivity index (χ4n) is 2.29. The zero-order valence-electron chi connectivity index (χ0n) is 17.7. The third-order valence-electron chi connectivity index (χ3n) is 3.36. The van der Waals surface area contributed by atoms with Crippen molar-refractivity contribution in [3.63, 3.8) is 0 Å². The van der Waals surface area contributed by atoms with Crippen molar-refractivity contribution in [3.8, 4) is 17.3 Å². The number of rotatable bonds is 4. The van der Waals surface area contributed by atoms with Gasteiger partial charge in [-0.15, -0.1) is 0 Å². The average Bonchev–Trinajstić information content (AvgIpc) is 2.59. The van der Waals surface area contributed by atoms with E-state index in [2.05, 4.69) is 15.0 Å². The molecule has 10 heteroatoms. The first-order valence-electron chi connectivity index (χ1n) is 9.07. The van der Waals surface area contributed by atoms with Crippen molar-refractivity contribution in [2.45, 2.75) is 59.2 Å². The Bertz CT molecular complexity index is 963. The molecule has 2 heterocycles. The van der Waals surface area contributed by atoms with Gasteiger partial charge in [-0.3, -0.25) is 4.98 Å². The van der Waals surface area contributed by atoms with E-state index in [9.17, 15) is 19.6 Å². The molecule has 0 radical (unpaired) electrons. The van der Waals surface area contributed by atoms with Crippen LogP contribution in [0, 0.1) is 17.1 Å². The Morgan fingerprint density at radius 2 is 1.87 bits per heavy atom. The molecule has 1 amide bonds. The molecular formula is C20H24FN5O4. The lowest BCUT2D eigenvalue weighted by atomic mass is 10.2. The highest BCUT2D eigenvalue weighted by Crippen LogP contribution is 2.26. The van der Waals surface area contributed by atoms with Crippen LogP contribution in [0.25, 0.3) is 11.3 Å². The van der Waals surface area contributed by atoms with E-state index in [1.54, 1.807) is 41.5 Å². The molecule has 9 nitrogen and oxygen atoms in total. The lowest BCUT2D eigenvalue weighted by Gasteiger charge is -2.33. The summed E-state index contributed by atoms with van der Waals surface area (Å²) in [7, 11) is 0. The van der Waals surface area contributed by atoms with Crippen LogP contribution in [0.5, 0.6) is 0 Å². The number of pyridine rings is 1. The summed E-state index contributed by atoms with van der Waals surface area (Å²) in [6.45, 7) is 9.99. The monoisotopic (exact) mass is 417 g/mol. The van der Waals surface area contributed by atoms with Gasteiger partial charge in [0.15, 0.2) is 11.5 Å². The number of carbonyl (C=O) groups excluding carboxylic acids is 1. The summed E-state index contributed by atoms with van der Waals surface area (Å²) >= 11 is 0. The van der Waals surface area contributed by atoms with Crippen molar-refractivity contribution in [2.24, 2.45) is 0 Å². The Kier molecular flexibility index (Phi) is 6.70. The molecule has 160 valence electrons. The van der Waals surface area contributed by atoms with Crippen LogP contribution < -0.4 is 4.90 Å². The fourth-order valence-corrected chi connectivity index (χ4v) is 2.29. The van der Waals surface area contributed by atoms with Crippen LogP contribution in [0.3, 0.4) is 0 Å². The Balaban J connectivity index is 2.53. The number of nitrogens with zero attached hydrogens (tertiary/aromatic N) is 5. The van der Waals surface area contributed by atoms with Crippen molar-refractivity contribution in [1.82, 2.24) is 15.0 Å². The predicted molar refractivity (Wildman–Crippen MR) is 105 cm³/mol. The molecule has 1 unspecified atom stereocenters.